The summed E-state index contributed by atoms with van der Waals surface area (Å²) in [5.41, 5.74) is 18.4. The zero-order valence-electron chi connectivity index (χ0n) is 41.2. The highest BCUT2D eigenvalue weighted by molar-refractivity contribution is 6.25. The summed E-state index contributed by atoms with van der Waals surface area (Å²) >= 11 is 0. The minimum absolute atomic E-state index is 1.11. The molecule has 0 fully saturated rings. The van der Waals surface area contributed by atoms with Gasteiger partial charge in [0.05, 0.1) is 44.8 Å². The zero-order chi connectivity index (χ0) is 49.6. The van der Waals surface area contributed by atoms with Crippen LogP contribution in [-0.2, 0) is 0 Å². The van der Waals surface area contributed by atoms with E-state index in [1.807, 2.05) is 0 Å². The van der Waals surface area contributed by atoms with Crippen molar-refractivity contribution in [2.45, 2.75) is 0 Å². The molecule has 4 heterocycles. The Morgan fingerprint density at radius 2 is 0.368 bits per heavy atom. The van der Waals surface area contributed by atoms with Gasteiger partial charge in [-0.3, -0.25) is 0 Å². The summed E-state index contributed by atoms with van der Waals surface area (Å²) in [5.74, 6) is 0. The van der Waals surface area contributed by atoms with Crippen LogP contribution in [0, 0.1) is 0 Å². The highest BCUT2D eigenvalue weighted by Gasteiger charge is 2.39. The first-order chi connectivity index (χ1) is 37.7. The summed E-state index contributed by atoms with van der Waals surface area (Å²) in [5, 5.41) is 14.4. The van der Waals surface area contributed by atoms with Crippen LogP contribution in [0.5, 0.6) is 0 Å². The van der Waals surface area contributed by atoms with Gasteiger partial charge >= 0.3 is 0 Å². The van der Waals surface area contributed by atoms with E-state index in [1.165, 1.54) is 86.9 Å². The second-order valence-corrected chi connectivity index (χ2v) is 20.4. The van der Waals surface area contributed by atoms with Crippen molar-refractivity contribution in [1.82, 2.24) is 18.3 Å². The molecule has 1 aliphatic carbocycles. The van der Waals surface area contributed by atoms with E-state index < -0.39 is 0 Å². The van der Waals surface area contributed by atoms with E-state index in [2.05, 4.69) is 285 Å². The number of rotatable bonds is 4. The molecule has 0 bridgehead atoms. The maximum Gasteiger partial charge on any atom is 0.0663 e. The number of benzene rings is 12. The summed E-state index contributed by atoms with van der Waals surface area (Å²) < 4.78 is 10.4. The van der Waals surface area contributed by atoms with Gasteiger partial charge in [0.25, 0.3) is 0 Å². The van der Waals surface area contributed by atoms with Crippen molar-refractivity contribution in [1.29, 1.82) is 0 Å². The third-order valence-corrected chi connectivity index (χ3v) is 16.4. The minimum atomic E-state index is 1.11. The quantitative estimate of drug-likeness (QED) is 0.167. The van der Waals surface area contributed by atoms with Crippen molar-refractivity contribution >= 4 is 86.7 Å². The van der Waals surface area contributed by atoms with E-state index in [9.17, 15) is 0 Å². The Kier molecular flexibility index (Phi) is 8.52. The first-order valence-corrected chi connectivity index (χ1v) is 26.3. The van der Waals surface area contributed by atoms with Crippen LogP contribution in [0.3, 0.4) is 0 Å². The Morgan fingerprint density at radius 1 is 0.171 bits per heavy atom. The van der Waals surface area contributed by atoms with E-state index in [-0.39, 0.29) is 0 Å². The maximum atomic E-state index is 2.59. The number of hydrogen-bond acceptors (Lipinski definition) is 0. The lowest BCUT2D eigenvalue weighted by molar-refractivity contribution is 1.09. The van der Waals surface area contributed by atoms with Gasteiger partial charge in [0.1, 0.15) is 0 Å². The van der Waals surface area contributed by atoms with Gasteiger partial charge in [-0.25, -0.2) is 0 Å². The van der Waals surface area contributed by atoms with Gasteiger partial charge in [-0.1, -0.05) is 194 Å². The SMILES string of the molecule is c1ccc2cc(-n3c4c(c5ccccc53)-c3c(c5ccccc5n3-c3ccc5ccccc5c3)-c3c(c5ccccc5n3-c3ccc5ccccc5c3)-c3c-4c4ccccc4n3-c3ccc4ccccc4c3)ccc2c1. The first kappa shape index (κ1) is 41.3. The monoisotopic (exact) mass is 964 g/mol. The fourth-order valence-corrected chi connectivity index (χ4v) is 13.2. The number of aromatic nitrogens is 4. The third-order valence-electron chi connectivity index (χ3n) is 16.4. The van der Waals surface area contributed by atoms with Crippen molar-refractivity contribution in [2.75, 3.05) is 0 Å². The second kappa shape index (κ2) is 15.7. The van der Waals surface area contributed by atoms with Crippen LogP contribution in [0.15, 0.2) is 267 Å². The smallest absolute Gasteiger partial charge is 0.0663 e. The van der Waals surface area contributed by atoms with Crippen molar-refractivity contribution in [3.05, 3.63) is 267 Å². The van der Waals surface area contributed by atoms with E-state index in [4.69, 9.17) is 0 Å². The van der Waals surface area contributed by atoms with Crippen LogP contribution in [0.1, 0.15) is 0 Å². The Labute approximate surface area is 437 Å². The molecule has 352 valence electrons. The lowest BCUT2D eigenvalue weighted by Gasteiger charge is -2.23. The maximum absolute atomic E-state index is 2.59. The topological polar surface area (TPSA) is 19.7 Å². The number of para-hydroxylation sites is 4. The molecule has 4 aromatic heterocycles. The predicted molar refractivity (Wildman–Crippen MR) is 319 cm³/mol. The Balaban J connectivity index is 1.17. The first-order valence-electron chi connectivity index (χ1n) is 26.3. The molecule has 76 heavy (non-hydrogen) atoms. The predicted octanol–water partition coefficient (Wildman–Crippen LogP) is 19.1. The van der Waals surface area contributed by atoms with Crippen molar-refractivity contribution in [2.24, 2.45) is 0 Å². The molecule has 0 unspecified atom stereocenters. The Bertz CT molecular complexity index is 4460. The molecule has 4 heteroatoms. The third kappa shape index (κ3) is 5.73. The van der Waals surface area contributed by atoms with Gasteiger partial charge in [-0.05, 0) is 116 Å². The number of fused-ring (bicyclic) bond motifs is 20. The molecule has 0 amide bonds. The largest absolute Gasteiger partial charge is 0.308 e. The van der Waals surface area contributed by atoms with Crippen LogP contribution >= 0.6 is 0 Å². The average Bonchev–Trinajstić information content (AvgIpc) is 4.24. The highest BCUT2D eigenvalue weighted by atomic mass is 15.1. The molecule has 4 nitrogen and oxygen atoms in total. The molecular formula is C72H44N4. The van der Waals surface area contributed by atoms with Crippen LogP contribution in [0.2, 0.25) is 0 Å². The fourth-order valence-electron chi connectivity index (χ4n) is 13.2. The molecule has 0 radical (unpaired) electrons. The zero-order valence-corrected chi connectivity index (χ0v) is 41.2. The molecule has 0 atom stereocenters. The van der Waals surface area contributed by atoms with Crippen LogP contribution in [-0.4, -0.2) is 18.3 Å². The highest BCUT2D eigenvalue weighted by Crippen LogP contribution is 2.60. The summed E-state index contributed by atoms with van der Waals surface area (Å²) in [4.78, 5) is 0. The van der Waals surface area contributed by atoms with Crippen LogP contribution in [0.25, 0.3) is 154 Å². The number of hydrogen-bond donors (Lipinski definition) is 0. The van der Waals surface area contributed by atoms with E-state index >= 15 is 0 Å². The molecule has 1 aliphatic rings. The summed E-state index contributed by atoms with van der Waals surface area (Å²) in [6, 6.07) is 99.6. The van der Waals surface area contributed by atoms with Crippen molar-refractivity contribution in [3.63, 3.8) is 0 Å². The minimum Gasteiger partial charge on any atom is -0.308 e. The molecule has 12 aromatic carbocycles. The van der Waals surface area contributed by atoms with Crippen LogP contribution < -0.4 is 0 Å². The molecule has 0 spiro atoms. The van der Waals surface area contributed by atoms with Gasteiger partial charge in [-0.2, -0.15) is 0 Å². The fraction of sp³-hybridized carbons (Fsp3) is 0. The second-order valence-electron chi connectivity index (χ2n) is 20.4. The molecule has 17 rings (SSSR count). The van der Waals surface area contributed by atoms with Crippen molar-refractivity contribution in [3.8, 4) is 67.8 Å². The summed E-state index contributed by atoms with van der Waals surface area (Å²) in [7, 11) is 0. The molecule has 0 aliphatic heterocycles. The van der Waals surface area contributed by atoms with E-state index in [1.54, 1.807) is 0 Å². The lowest BCUT2D eigenvalue weighted by atomic mass is 9.88. The molecule has 0 N–H and O–H groups in total. The van der Waals surface area contributed by atoms with E-state index in [0.29, 0.717) is 0 Å². The Hall–Kier alpha value is -10.2. The Morgan fingerprint density at radius 3 is 0.605 bits per heavy atom. The van der Waals surface area contributed by atoms with Gasteiger partial charge in [0, 0.05) is 66.5 Å². The summed E-state index contributed by atoms with van der Waals surface area (Å²) in [6.07, 6.45) is 0. The molecular weight excluding hydrogens is 921 g/mol. The van der Waals surface area contributed by atoms with Gasteiger partial charge in [-0.15, -0.1) is 0 Å². The average molecular weight is 965 g/mol. The standard InChI is InChI=1S/C72H44N4/c1-5-21-49-41-53(37-33-45(49)17-1)73-61-29-13-9-25-57(61)65-69(73)66-58-26-10-14-30-62(58)74(54-38-34-46-18-2-6-22-50(46)42-54)71(66)68-60-28-12-16-32-64(60)76(56-40-36-48-20-4-8-24-52(48)44-56)72(68)67-59-27-11-15-31-63(59)75(70(65)67)55-39-35-47-19-3-7-23-51(47)43-55/h1-44H. The van der Waals surface area contributed by atoms with Gasteiger partial charge in [0.2, 0.25) is 0 Å². The van der Waals surface area contributed by atoms with E-state index in [0.717, 1.165) is 67.6 Å². The molecule has 0 saturated heterocycles. The molecule has 16 aromatic rings. The van der Waals surface area contributed by atoms with Crippen molar-refractivity contribution < 1.29 is 0 Å². The normalized spacial score (nSPS) is 12.2. The molecule has 0 saturated carbocycles. The summed E-state index contributed by atoms with van der Waals surface area (Å²) in [6.45, 7) is 0. The number of nitrogens with zero attached hydrogens (tertiary/aromatic N) is 4. The lowest BCUT2D eigenvalue weighted by Crippen LogP contribution is -2.06. The van der Waals surface area contributed by atoms with Crippen LogP contribution in [0.4, 0.5) is 0 Å². The van der Waals surface area contributed by atoms with Gasteiger partial charge < -0.3 is 18.3 Å². The van der Waals surface area contributed by atoms with Gasteiger partial charge in [0.15, 0.2) is 0 Å².